The number of rotatable bonds is 4. The van der Waals surface area contributed by atoms with Crippen LogP contribution in [-0.2, 0) is 25.7 Å². The van der Waals surface area contributed by atoms with Crippen LogP contribution in [0.2, 0.25) is 0 Å². The molecule has 0 aliphatic carbocycles. The van der Waals surface area contributed by atoms with Crippen molar-refractivity contribution >= 4 is 21.7 Å². The van der Waals surface area contributed by atoms with Gasteiger partial charge in [-0.1, -0.05) is 6.07 Å². The number of nitrogens with zero attached hydrogens (tertiary/aromatic N) is 2. The highest BCUT2D eigenvalue weighted by Crippen LogP contribution is 2.39. The zero-order valence-electron chi connectivity index (χ0n) is 20.2. The number of carbonyl (C=O) groups is 1. The summed E-state index contributed by atoms with van der Waals surface area (Å²) in [6, 6.07) is 7.43. The second-order valence-electron chi connectivity index (χ2n) is 9.00. The molecule has 1 N–H and O–H groups in total. The zero-order chi connectivity index (χ0) is 28.6. The summed E-state index contributed by atoms with van der Waals surface area (Å²) in [5, 5.41) is 8.41. The monoisotopic (exact) mass is 572 g/mol. The van der Waals surface area contributed by atoms with E-state index in [0.717, 1.165) is 28.7 Å². The fourth-order valence-corrected chi connectivity index (χ4v) is 5.14. The van der Waals surface area contributed by atoms with Crippen LogP contribution in [0.1, 0.15) is 12.5 Å². The molecule has 2 aromatic carbocycles. The van der Waals surface area contributed by atoms with Gasteiger partial charge >= 0.3 is 12.1 Å². The molecule has 5 rings (SSSR count). The van der Waals surface area contributed by atoms with Gasteiger partial charge in [0.25, 0.3) is 10.0 Å². The van der Waals surface area contributed by atoms with Gasteiger partial charge in [-0.25, -0.2) is 17.2 Å². The number of carboxylic acid groups (broad SMARTS) is 1. The topological polar surface area (TPSA) is 106 Å². The minimum absolute atomic E-state index is 0.00942. The van der Waals surface area contributed by atoms with Crippen LogP contribution < -0.4 is 9.04 Å². The lowest BCUT2D eigenvalue weighted by atomic mass is 9.89. The lowest BCUT2D eigenvalue weighted by Gasteiger charge is -2.33. The number of pyridine rings is 1. The number of benzene rings is 2. The Kier molecular flexibility index (Phi) is 7.54. The Bertz CT molecular complexity index is 1510. The highest BCUT2D eigenvalue weighted by molar-refractivity contribution is 7.92. The minimum atomic E-state index is -4.77. The Labute approximate surface area is 219 Å². The van der Waals surface area contributed by atoms with Gasteiger partial charge in [0.05, 0.1) is 31.0 Å². The number of anilines is 1. The van der Waals surface area contributed by atoms with E-state index in [0.29, 0.717) is 25.5 Å². The minimum Gasteiger partial charge on any atom is -0.489 e. The molecule has 0 atom stereocenters. The lowest BCUT2D eigenvalue weighted by molar-refractivity contribution is -0.175. The van der Waals surface area contributed by atoms with Gasteiger partial charge in [-0.05, 0) is 48.9 Å². The standard InChI is InChI=1S/C20H13F5N2O3S.C5H8O3/c21-14-2-3-17(22)16(9-14)12-1-4-19-18(7-12)27(5-6-30-19)31(28,29)15-8-13(10-26-11-15)20(23,24)25;1-5(4(6)7)2-8-3-5/h1-4,7-11H,5-6H2;2-3H2,1H3,(H,6,7). The summed E-state index contributed by atoms with van der Waals surface area (Å²) in [4.78, 5) is 13.0. The predicted octanol–water partition coefficient (Wildman–Crippen LogP) is 4.74. The first-order chi connectivity index (χ1) is 18.2. The highest BCUT2D eigenvalue weighted by atomic mass is 32.2. The molecule has 8 nitrogen and oxygen atoms in total. The van der Waals surface area contributed by atoms with E-state index in [1.165, 1.54) is 18.2 Å². The molecule has 208 valence electrons. The zero-order valence-corrected chi connectivity index (χ0v) is 21.0. The number of carboxylic acids is 1. The Morgan fingerprint density at radius 3 is 2.38 bits per heavy atom. The molecule has 2 aliphatic rings. The van der Waals surface area contributed by atoms with E-state index in [1.807, 2.05) is 0 Å². The number of halogens is 5. The SMILES string of the molecule is CC1(C(=O)O)COC1.O=S(=O)(c1cncc(C(F)(F)F)c1)N1CCOc2ccc(-c3cc(F)ccc3F)cc21. The fourth-order valence-electron chi connectivity index (χ4n) is 3.70. The average molecular weight is 573 g/mol. The average Bonchev–Trinajstić information content (AvgIpc) is 2.87. The van der Waals surface area contributed by atoms with Gasteiger partial charge in [-0.3, -0.25) is 14.1 Å². The predicted molar refractivity (Wildman–Crippen MR) is 128 cm³/mol. The van der Waals surface area contributed by atoms with Crippen molar-refractivity contribution in [3.63, 3.8) is 0 Å². The number of ether oxygens (including phenoxy) is 2. The molecule has 0 spiro atoms. The molecule has 0 amide bonds. The molecule has 0 bridgehead atoms. The number of sulfonamides is 1. The highest BCUT2D eigenvalue weighted by Gasteiger charge is 2.41. The molecule has 39 heavy (non-hydrogen) atoms. The number of aliphatic carboxylic acids is 1. The van der Waals surface area contributed by atoms with Gasteiger partial charge in [0.2, 0.25) is 0 Å². The fraction of sp³-hybridized carbons (Fsp3) is 0.280. The molecule has 0 saturated carbocycles. The van der Waals surface area contributed by atoms with Gasteiger partial charge in [-0.15, -0.1) is 0 Å². The van der Waals surface area contributed by atoms with Crippen molar-refractivity contribution in [3.8, 4) is 16.9 Å². The van der Waals surface area contributed by atoms with Crippen molar-refractivity contribution in [2.75, 3.05) is 30.7 Å². The normalized spacial score (nSPS) is 16.2. The van der Waals surface area contributed by atoms with E-state index in [9.17, 15) is 35.2 Å². The molecular weight excluding hydrogens is 551 g/mol. The number of hydrogen-bond acceptors (Lipinski definition) is 6. The molecule has 14 heteroatoms. The van der Waals surface area contributed by atoms with E-state index >= 15 is 0 Å². The number of fused-ring (bicyclic) bond motifs is 1. The molecule has 1 aromatic heterocycles. The molecule has 0 radical (unpaired) electrons. The molecule has 3 heterocycles. The van der Waals surface area contributed by atoms with Crippen LogP contribution in [0.5, 0.6) is 5.75 Å². The summed E-state index contributed by atoms with van der Waals surface area (Å²) in [5.41, 5.74) is -1.74. The van der Waals surface area contributed by atoms with Crippen LogP contribution in [0.4, 0.5) is 27.6 Å². The van der Waals surface area contributed by atoms with E-state index in [4.69, 9.17) is 14.6 Å². The second-order valence-corrected chi connectivity index (χ2v) is 10.9. The number of aromatic nitrogens is 1. The molecule has 0 unspecified atom stereocenters. The van der Waals surface area contributed by atoms with Crippen molar-refractivity contribution in [1.29, 1.82) is 0 Å². The quantitative estimate of drug-likeness (QED) is 0.450. The van der Waals surface area contributed by atoms with E-state index < -0.39 is 49.7 Å². The maximum Gasteiger partial charge on any atom is 0.417 e. The molecule has 2 aliphatic heterocycles. The molecule has 1 saturated heterocycles. The van der Waals surface area contributed by atoms with E-state index in [2.05, 4.69) is 4.98 Å². The molecular formula is C25H21F5N2O6S. The van der Waals surface area contributed by atoms with Crippen molar-refractivity contribution in [1.82, 2.24) is 4.98 Å². The van der Waals surface area contributed by atoms with Crippen molar-refractivity contribution < 1.29 is 49.7 Å². The van der Waals surface area contributed by atoms with E-state index in [-0.39, 0.29) is 35.7 Å². The summed E-state index contributed by atoms with van der Waals surface area (Å²) >= 11 is 0. The van der Waals surface area contributed by atoms with Gasteiger partial charge < -0.3 is 14.6 Å². The van der Waals surface area contributed by atoms with Gasteiger partial charge in [0.15, 0.2) is 0 Å². The molecule has 1 fully saturated rings. The van der Waals surface area contributed by atoms with Crippen molar-refractivity contribution in [2.24, 2.45) is 5.41 Å². The molecule has 3 aromatic rings. The smallest absolute Gasteiger partial charge is 0.417 e. The first-order valence-electron chi connectivity index (χ1n) is 11.3. The Hall–Kier alpha value is -3.78. The third-order valence-corrected chi connectivity index (χ3v) is 7.78. The van der Waals surface area contributed by atoms with Crippen LogP contribution in [0.15, 0.2) is 59.8 Å². The summed E-state index contributed by atoms with van der Waals surface area (Å²) in [6.45, 7) is 2.16. The Balaban J connectivity index is 0.000000379. The maximum atomic E-state index is 14.2. The summed E-state index contributed by atoms with van der Waals surface area (Å²) < 4.78 is 104. The largest absolute Gasteiger partial charge is 0.489 e. The Morgan fingerprint density at radius 1 is 1.08 bits per heavy atom. The number of hydrogen-bond donors (Lipinski definition) is 1. The summed E-state index contributed by atoms with van der Waals surface area (Å²) in [6.07, 6.45) is -3.43. The van der Waals surface area contributed by atoms with Crippen LogP contribution >= 0.6 is 0 Å². The van der Waals surface area contributed by atoms with Crippen LogP contribution in [0, 0.1) is 17.0 Å². The van der Waals surface area contributed by atoms with Crippen molar-refractivity contribution in [2.45, 2.75) is 18.0 Å². The third-order valence-electron chi connectivity index (χ3n) is 6.01. The van der Waals surface area contributed by atoms with E-state index in [1.54, 1.807) is 6.92 Å². The van der Waals surface area contributed by atoms with Crippen LogP contribution in [-0.4, -0.2) is 50.8 Å². The summed E-state index contributed by atoms with van der Waals surface area (Å²) in [5.74, 6) is -2.04. The van der Waals surface area contributed by atoms with Crippen LogP contribution in [0.25, 0.3) is 11.1 Å². The van der Waals surface area contributed by atoms with Crippen LogP contribution in [0.3, 0.4) is 0 Å². The first kappa shape index (κ1) is 28.2. The second kappa shape index (κ2) is 10.4. The lowest BCUT2D eigenvalue weighted by Crippen LogP contribution is -2.46. The van der Waals surface area contributed by atoms with Gasteiger partial charge in [0, 0.05) is 18.0 Å². The van der Waals surface area contributed by atoms with Gasteiger partial charge in [0.1, 0.15) is 34.3 Å². The van der Waals surface area contributed by atoms with Crippen molar-refractivity contribution in [3.05, 3.63) is 72.1 Å². The number of alkyl halides is 3. The van der Waals surface area contributed by atoms with Gasteiger partial charge in [-0.2, -0.15) is 13.2 Å². The Morgan fingerprint density at radius 2 is 1.79 bits per heavy atom. The first-order valence-corrected chi connectivity index (χ1v) is 12.7. The third kappa shape index (κ3) is 5.81. The maximum absolute atomic E-state index is 14.2. The summed E-state index contributed by atoms with van der Waals surface area (Å²) in [7, 11) is -4.45.